The maximum atomic E-state index is 12.1. The highest BCUT2D eigenvalue weighted by Crippen LogP contribution is 2.39. The summed E-state index contributed by atoms with van der Waals surface area (Å²) in [5.41, 5.74) is 0.748. The van der Waals surface area contributed by atoms with Crippen LogP contribution in [0.2, 0.25) is 0 Å². The first-order valence-corrected chi connectivity index (χ1v) is 6.05. The minimum Gasteiger partial charge on any atom is -0.477 e. The second kappa shape index (κ2) is 4.29. The number of rotatable bonds is 1. The summed E-state index contributed by atoms with van der Waals surface area (Å²) in [6.45, 7) is 0. The van der Waals surface area contributed by atoms with Crippen LogP contribution in [0.5, 0.6) is 5.75 Å². The Kier molecular flexibility index (Phi) is 2.60. The molecule has 1 heterocycles. The Morgan fingerprint density at radius 1 is 1.32 bits per heavy atom. The van der Waals surface area contributed by atoms with E-state index < -0.39 is 6.10 Å². The molecule has 0 saturated heterocycles. The molecule has 4 heteroatoms. The third kappa shape index (κ3) is 1.71. The molecule has 0 radical (unpaired) electrons. The first kappa shape index (κ1) is 11.5. The van der Waals surface area contributed by atoms with Gasteiger partial charge in [-0.05, 0) is 11.5 Å². The molecule has 2 aromatic carbocycles. The molecule has 1 unspecified atom stereocenters. The molecule has 94 valence electrons. The lowest BCUT2D eigenvalue weighted by Gasteiger charge is -2.31. The van der Waals surface area contributed by atoms with Crippen LogP contribution in [-0.2, 0) is 4.79 Å². The molecule has 1 amide bonds. The van der Waals surface area contributed by atoms with E-state index in [2.05, 4.69) is 0 Å². The Morgan fingerprint density at radius 2 is 2.11 bits per heavy atom. The van der Waals surface area contributed by atoms with Crippen molar-refractivity contribution in [2.45, 2.75) is 12.5 Å². The van der Waals surface area contributed by atoms with E-state index in [9.17, 15) is 4.79 Å². The maximum Gasteiger partial charge on any atom is 0.268 e. The number of hydrogen-bond donors (Lipinski definition) is 0. The second-order valence-electron chi connectivity index (χ2n) is 4.50. The number of anilines is 1. The predicted molar refractivity (Wildman–Crippen MR) is 72.0 cm³/mol. The molecule has 4 nitrogen and oxygen atoms in total. The van der Waals surface area contributed by atoms with Crippen LogP contribution in [0.3, 0.4) is 0 Å². The molecule has 0 fully saturated rings. The van der Waals surface area contributed by atoms with Gasteiger partial charge in [-0.1, -0.05) is 30.3 Å². The average molecular weight is 252 g/mol. The van der Waals surface area contributed by atoms with Crippen LogP contribution in [-0.4, -0.2) is 19.1 Å². The zero-order valence-corrected chi connectivity index (χ0v) is 10.5. The summed E-state index contributed by atoms with van der Waals surface area (Å²) in [6, 6.07) is 13.7. The molecule has 19 heavy (non-hydrogen) atoms. The average Bonchev–Trinajstić information content (AvgIpc) is 2.44. The molecule has 0 spiro atoms. The minimum atomic E-state index is -0.715. The van der Waals surface area contributed by atoms with Gasteiger partial charge >= 0.3 is 0 Å². The van der Waals surface area contributed by atoms with E-state index in [1.54, 1.807) is 11.9 Å². The number of hydrogen-bond acceptors (Lipinski definition) is 3. The minimum absolute atomic E-state index is 0.0613. The Balaban J connectivity index is 2.20. The highest BCUT2D eigenvalue weighted by Gasteiger charge is 2.32. The molecule has 0 aromatic heterocycles. The van der Waals surface area contributed by atoms with Crippen LogP contribution in [0.15, 0.2) is 36.4 Å². The van der Waals surface area contributed by atoms with E-state index in [4.69, 9.17) is 10.00 Å². The zero-order chi connectivity index (χ0) is 13.4. The largest absolute Gasteiger partial charge is 0.477 e. The topological polar surface area (TPSA) is 53.3 Å². The van der Waals surface area contributed by atoms with Gasteiger partial charge < -0.3 is 9.64 Å². The van der Waals surface area contributed by atoms with Crippen molar-refractivity contribution >= 4 is 22.4 Å². The quantitative estimate of drug-likeness (QED) is 0.783. The Morgan fingerprint density at radius 3 is 2.89 bits per heavy atom. The number of carbonyl (C=O) groups is 1. The van der Waals surface area contributed by atoms with Crippen LogP contribution in [0, 0.1) is 11.3 Å². The van der Waals surface area contributed by atoms with Crippen LogP contribution in [0.1, 0.15) is 6.42 Å². The van der Waals surface area contributed by atoms with Gasteiger partial charge in [0.2, 0.25) is 0 Å². The number of likely N-dealkylation sites (N-methyl/N-ethyl adjacent to an activating group) is 1. The zero-order valence-electron chi connectivity index (χ0n) is 10.5. The fraction of sp³-hybridized carbons (Fsp3) is 0.200. The van der Waals surface area contributed by atoms with Crippen molar-refractivity contribution in [3.05, 3.63) is 36.4 Å². The summed E-state index contributed by atoms with van der Waals surface area (Å²) in [6.07, 6.45) is -0.653. The number of carbonyl (C=O) groups excluding carboxylic acids is 1. The lowest BCUT2D eigenvalue weighted by molar-refractivity contribution is -0.125. The monoisotopic (exact) mass is 252 g/mol. The van der Waals surface area contributed by atoms with Gasteiger partial charge in [0.1, 0.15) is 0 Å². The van der Waals surface area contributed by atoms with Gasteiger partial charge in [-0.25, -0.2) is 0 Å². The molecule has 1 aliphatic heterocycles. The molecule has 0 bridgehead atoms. The highest BCUT2D eigenvalue weighted by atomic mass is 16.5. The third-order valence-corrected chi connectivity index (χ3v) is 3.36. The van der Waals surface area contributed by atoms with Gasteiger partial charge in [0.05, 0.1) is 18.2 Å². The van der Waals surface area contributed by atoms with Crippen LogP contribution < -0.4 is 9.64 Å². The van der Waals surface area contributed by atoms with E-state index in [-0.39, 0.29) is 12.3 Å². The molecular formula is C15H12N2O2. The van der Waals surface area contributed by atoms with Gasteiger partial charge in [0, 0.05) is 12.4 Å². The lowest BCUT2D eigenvalue weighted by Crippen LogP contribution is -2.43. The normalized spacial score (nSPS) is 17.8. The number of fused-ring (bicyclic) bond motifs is 3. The summed E-state index contributed by atoms with van der Waals surface area (Å²) in [5, 5.41) is 10.8. The van der Waals surface area contributed by atoms with Crippen molar-refractivity contribution in [3.63, 3.8) is 0 Å². The van der Waals surface area contributed by atoms with E-state index in [1.165, 1.54) is 0 Å². The van der Waals surface area contributed by atoms with E-state index in [1.807, 2.05) is 42.5 Å². The Labute approximate surface area is 110 Å². The summed E-state index contributed by atoms with van der Waals surface area (Å²) in [5.74, 6) is 0.504. The lowest BCUT2D eigenvalue weighted by atomic mass is 10.1. The van der Waals surface area contributed by atoms with Gasteiger partial charge in [0.15, 0.2) is 11.9 Å². The fourth-order valence-electron chi connectivity index (χ4n) is 2.36. The number of benzene rings is 2. The van der Waals surface area contributed by atoms with Gasteiger partial charge in [-0.2, -0.15) is 5.26 Å². The number of ether oxygens (including phenoxy) is 1. The van der Waals surface area contributed by atoms with Gasteiger partial charge in [-0.3, -0.25) is 4.79 Å². The van der Waals surface area contributed by atoms with Crippen LogP contribution >= 0.6 is 0 Å². The number of nitrogens with zero attached hydrogens (tertiary/aromatic N) is 2. The standard InChI is InChI=1S/C15H12N2O2/c1-17-12-7-6-10-4-2-3-5-11(10)14(12)19-13(8-9-16)15(17)18/h2-7,13H,8H2,1H3. The molecule has 0 saturated carbocycles. The van der Waals surface area contributed by atoms with Crippen molar-refractivity contribution < 1.29 is 9.53 Å². The summed E-state index contributed by atoms with van der Waals surface area (Å²) >= 11 is 0. The molecule has 2 aromatic rings. The van der Waals surface area contributed by atoms with Crippen molar-refractivity contribution in [3.8, 4) is 11.8 Å². The number of amides is 1. The molecule has 3 rings (SSSR count). The van der Waals surface area contributed by atoms with Crippen molar-refractivity contribution in [2.24, 2.45) is 0 Å². The van der Waals surface area contributed by atoms with Crippen molar-refractivity contribution in [1.82, 2.24) is 0 Å². The third-order valence-electron chi connectivity index (χ3n) is 3.36. The fourth-order valence-corrected chi connectivity index (χ4v) is 2.36. The van der Waals surface area contributed by atoms with Gasteiger partial charge in [-0.15, -0.1) is 0 Å². The summed E-state index contributed by atoms with van der Waals surface area (Å²) in [4.78, 5) is 13.6. The van der Waals surface area contributed by atoms with Crippen LogP contribution in [0.4, 0.5) is 5.69 Å². The second-order valence-corrected chi connectivity index (χ2v) is 4.50. The summed E-state index contributed by atoms with van der Waals surface area (Å²) in [7, 11) is 1.71. The van der Waals surface area contributed by atoms with Crippen LogP contribution in [0.25, 0.3) is 10.8 Å². The van der Waals surface area contributed by atoms with Crippen molar-refractivity contribution in [2.75, 3.05) is 11.9 Å². The van der Waals surface area contributed by atoms with Crippen molar-refractivity contribution in [1.29, 1.82) is 5.26 Å². The van der Waals surface area contributed by atoms with E-state index in [0.29, 0.717) is 5.75 Å². The predicted octanol–water partition coefficient (Wildman–Crippen LogP) is 2.48. The Bertz CT molecular complexity index is 703. The summed E-state index contributed by atoms with van der Waals surface area (Å²) < 4.78 is 5.75. The van der Waals surface area contributed by atoms with Gasteiger partial charge in [0.25, 0.3) is 5.91 Å². The van der Waals surface area contributed by atoms with E-state index >= 15 is 0 Å². The Hall–Kier alpha value is -2.54. The highest BCUT2D eigenvalue weighted by molar-refractivity contribution is 6.05. The molecule has 1 atom stereocenters. The molecule has 1 aliphatic rings. The molecule has 0 aliphatic carbocycles. The SMILES string of the molecule is CN1C(=O)C(CC#N)Oc2c1ccc1ccccc21. The molecular weight excluding hydrogens is 240 g/mol. The maximum absolute atomic E-state index is 12.1. The number of nitriles is 1. The van der Waals surface area contributed by atoms with E-state index in [0.717, 1.165) is 16.5 Å². The molecule has 0 N–H and O–H groups in total. The first-order valence-electron chi connectivity index (χ1n) is 6.05. The first-order chi connectivity index (χ1) is 9.22. The smallest absolute Gasteiger partial charge is 0.268 e.